The van der Waals surface area contributed by atoms with Crippen molar-refractivity contribution in [3.05, 3.63) is 71.0 Å². The number of anilines is 1. The van der Waals surface area contributed by atoms with Crippen LogP contribution in [0.25, 0.3) is 0 Å². The van der Waals surface area contributed by atoms with Crippen LogP contribution in [0.3, 0.4) is 0 Å². The molecule has 3 rings (SSSR count). The normalized spacial score (nSPS) is 10.9. The van der Waals surface area contributed by atoms with Gasteiger partial charge < -0.3 is 15.2 Å². The molecule has 6 heteroatoms. The van der Waals surface area contributed by atoms with E-state index < -0.39 is 0 Å². The number of aryl methyl sites for hydroxylation is 2. The van der Waals surface area contributed by atoms with Gasteiger partial charge in [-0.1, -0.05) is 32.0 Å². The molecule has 1 amide bonds. The molecule has 1 heterocycles. The van der Waals surface area contributed by atoms with Crippen LogP contribution >= 0.6 is 0 Å². The first-order valence-electron chi connectivity index (χ1n) is 9.22. The van der Waals surface area contributed by atoms with Crippen LogP contribution < -0.4 is 10.1 Å². The standard InChI is InChI=1S/C22H25N3O3/c1-14(2)17-12-19(16(4)11-20(17)26)23-22(27)18-9-10-25(24-18)13-28-21-8-6-5-7-15(21)3/h5-12,14,26H,13H2,1-4H3,(H,23,27). The predicted octanol–water partition coefficient (Wildman–Crippen LogP) is 4.62. The number of carbonyl (C=O) groups excluding carboxylic acids is 1. The molecule has 0 aliphatic carbocycles. The first-order chi connectivity index (χ1) is 13.3. The first kappa shape index (κ1) is 19.5. The second kappa shape index (κ2) is 8.17. The fourth-order valence-corrected chi connectivity index (χ4v) is 2.90. The van der Waals surface area contributed by atoms with Crippen LogP contribution in [0, 0.1) is 13.8 Å². The molecular formula is C22H25N3O3. The first-order valence-corrected chi connectivity index (χ1v) is 9.22. The highest BCUT2D eigenvalue weighted by atomic mass is 16.5. The molecule has 0 aliphatic rings. The van der Waals surface area contributed by atoms with Crippen LogP contribution in [0.4, 0.5) is 5.69 Å². The number of nitrogens with zero attached hydrogens (tertiary/aromatic N) is 2. The van der Waals surface area contributed by atoms with Crippen molar-refractivity contribution in [3.63, 3.8) is 0 Å². The Hall–Kier alpha value is -3.28. The van der Waals surface area contributed by atoms with Gasteiger partial charge in [0.15, 0.2) is 12.4 Å². The van der Waals surface area contributed by atoms with Crippen LogP contribution in [0.2, 0.25) is 0 Å². The Morgan fingerprint density at radius 3 is 2.64 bits per heavy atom. The summed E-state index contributed by atoms with van der Waals surface area (Å²) < 4.78 is 7.32. The lowest BCUT2D eigenvalue weighted by atomic mass is 9.99. The van der Waals surface area contributed by atoms with E-state index in [0.717, 1.165) is 22.4 Å². The number of aromatic nitrogens is 2. The number of rotatable bonds is 6. The number of phenolic OH excluding ortho intramolecular Hbond substituents is 1. The number of benzene rings is 2. The summed E-state index contributed by atoms with van der Waals surface area (Å²) in [5.74, 6) is 0.861. The van der Waals surface area contributed by atoms with Crippen molar-refractivity contribution in [1.82, 2.24) is 9.78 Å². The lowest BCUT2D eigenvalue weighted by Gasteiger charge is -2.14. The molecule has 0 saturated heterocycles. The predicted molar refractivity (Wildman–Crippen MR) is 109 cm³/mol. The largest absolute Gasteiger partial charge is 0.508 e. The second-order valence-electron chi connectivity index (χ2n) is 7.11. The Morgan fingerprint density at radius 1 is 1.18 bits per heavy atom. The van der Waals surface area contributed by atoms with Crippen LogP contribution in [0.15, 0.2) is 48.7 Å². The minimum absolute atomic E-state index is 0.147. The van der Waals surface area contributed by atoms with Gasteiger partial charge in [-0.25, -0.2) is 4.68 Å². The number of aromatic hydroxyl groups is 1. The molecule has 3 aromatic rings. The maximum absolute atomic E-state index is 12.6. The van der Waals surface area contributed by atoms with E-state index in [1.807, 2.05) is 58.0 Å². The van der Waals surface area contributed by atoms with Crippen LogP contribution in [0.1, 0.15) is 46.9 Å². The van der Waals surface area contributed by atoms with Gasteiger partial charge in [0, 0.05) is 11.9 Å². The van der Waals surface area contributed by atoms with Crippen molar-refractivity contribution < 1.29 is 14.6 Å². The number of hydrogen-bond donors (Lipinski definition) is 2. The molecule has 6 nitrogen and oxygen atoms in total. The molecule has 0 unspecified atom stereocenters. The molecule has 2 aromatic carbocycles. The second-order valence-corrected chi connectivity index (χ2v) is 7.11. The van der Waals surface area contributed by atoms with Crippen LogP contribution in [-0.2, 0) is 6.73 Å². The number of carbonyl (C=O) groups is 1. The van der Waals surface area contributed by atoms with Gasteiger partial charge in [0.25, 0.3) is 5.91 Å². The molecule has 0 radical (unpaired) electrons. The lowest BCUT2D eigenvalue weighted by molar-refractivity contribution is 0.102. The zero-order chi connectivity index (χ0) is 20.3. The van der Waals surface area contributed by atoms with Crippen molar-refractivity contribution in [2.45, 2.75) is 40.3 Å². The highest BCUT2D eigenvalue weighted by Crippen LogP contribution is 2.31. The van der Waals surface area contributed by atoms with Crippen molar-refractivity contribution in [1.29, 1.82) is 0 Å². The van der Waals surface area contributed by atoms with Gasteiger partial charge in [-0.15, -0.1) is 0 Å². The van der Waals surface area contributed by atoms with Gasteiger partial charge in [0.05, 0.1) is 0 Å². The van der Waals surface area contributed by atoms with Gasteiger partial charge in [0.2, 0.25) is 0 Å². The molecule has 0 saturated carbocycles. The van der Waals surface area contributed by atoms with Gasteiger partial charge in [-0.3, -0.25) is 4.79 Å². The Bertz CT molecular complexity index is 992. The number of ether oxygens (including phenoxy) is 1. The van der Waals surface area contributed by atoms with E-state index in [2.05, 4.69) is 10.4 Å². The summed E-state index contributed by atoms with van der Waals surface area (Å²) >= 11 is 0. The zero-order valence-electron chi connectivity index (χ0n) is 16.6. The molecule has 0 fully saturated rings. The van der Waals surface area contributed by atoms with Crippen molar-refractivity contribution in [2.75, 3.05) is 5.32 Å². The topological polar surface area (TPSA) is 76.4 Å². The quantitative estimate of drug-likeness (QED) is 0.613. The van der Waals surface area contributed by atoms with E-state index in [1.165, 1.54) is 0 Å². The SMILES string of the molecule is Cc1cc(O)c(C(C)C)cc1NC(=O)c1ccn(COc2ccccc2C)n1. The summed E-state index contributed by atoms with van der Waals surface area (Å²) in [4.78, 5) is 12.6. The maximum atomic E-state index is 12.6. The number of nitrogens with one attached hydrogen (secondary N) is 1. The van der Waals surface area contributed by atoms with Gasteiger partial charge >= 0.3 is 0 Å². The molecule has 0 atom stereocenters. The van der Waals surface area contributed by atoms with Crippen molar-refractivity contribution in [3.8, 4) is 11.5 Å². The average Bonchev–Trinajstić information content (AvgIpc) is 3.12. The van der Waals surface area contributed by atoms with Crippen LogP contribution in [0.5, 0.6) is 11.5 Å². The smallest absolute Gasteiger partial charge is 0.276 e. The minimum Gasteiger partial charge on any atom is -0.508 e. The highest BCUT2D eigenvalue weighted by molar-refractivity contribution is 6.03. The van der Waals surface area contributed by atoms with Crippen LogP contribution in [-0.4, -0.2) is 20.8 Å². The average molecular weight is 379 g/mol. The number of phenols is 1. The molecule has 28 heavy (non-hydrogen) atoms. The summed E-state index contributed by atoms with van der Waals surface area (Å²) in [6.45, 7) is 8.02. The molecule has 146 valence electrons. The number of hydrogen-bond acceptors (Lipinski definition) is 4. The molecule has 2 N–H and O–H groups in total. The zero-order valence-corrected chi connectivity index (χ0v) is 16.6. The summed E-state index contributed by atoms with van der Waals surface area (Å²) in [7, 11) is 0. The Kier molecular flexibility index (Phi) is 5.68. The molecule has 0 bridgehead atoms. The Balaban J connectivity index is 1.69. The fourth-order valence-electron chi connectivity index (χ4n) is 2.90. The summed E-state index contributed by atoms with van der Waals surface area (Å²) in [6.07, 6.45) is 1.70. The molecule has 1 aromatic heterocycles. The molecule has 0 aliphatic heterocycles. The monoisotopic (exact) mass is 379 g/mol. The lowest BCUT2D eigenvalue weighted by Crippen LogP contribution is -2.15. The maximum Gasteiger partial charge on any atom is 0.276 e. The number of amides is 1. The summed E-state index contributed by atoms with van der Waals surface area (Å²) in [6, 6.07) is 12.9. The van der Waals surface area contributed by atoms with E-state index in [-0.39, 0.29) is 24.3 Å². The van der Waals surface area contributed by atoms with Gasteiger partial charge in [0.1, 0.15) is 11.5 Å². The fraction of sp³-hybridized carbons (Fsp3) is 0.273. The highest BCUT2D eigenvalue weighted by Gasteiger charge is 2.15. The van der Waals surface area contributed by atoms with Gasteiger partial charge in [-0.2, -0.15) is 5.10 Å². The Morgan fingerprint density at radius 2 is 1.93 bits per heavy atom. The van der Waals surface area contributed by atoms with E-state index in [1.54, 1.807) is 23.0 Å². The van der Waals surface area contributed by atoms with E-state index >= 15 is 0 Å². The molecule has 0 spiro atoms. The number of para-hydroxylation sites is 1. The third-order valence-electron chi connectivity index (χ3n) is 4.56. The van der Waals surface area contributed by atoms with E-state index in [0.29, 0.717) is 11.4 Å². The third kappa shape index (κ3) is 4.34. The Labute approximate surface area is 164 Å². The summed E-state index contributed by atoms with van der Waals surface area (Å²) in [5.41, 5.74) is 3.58. The molecular weight excluding hydrogens is 354 g/mol. The van der Waals surface area contributed by atoms with Crippen molar-refractivity contribution >= 4 is 11.6 Å². The van der Waals surface area contributed by atoms with Crippen molar-refractivity contribution in [2.24, 2.45) is 0 Å². The minimum atomic E-state index is -0.307. The van der Waals surface area contributed by atoms with E-state index in [9.17, 15) is 9.90 Å². The summed E-state index contributed by atoms with van der Waals surface area (Å²) in [5, 5.41) is 17.2. The van der Waals surface area contributed by atoms with E-state index in [4.69, 9.17) is 4.74 Å². The third-order valence-corrected chi connectivity index (χ3v) is 4.56. The van der Waals surface area contributed by atoms with Gasteiger partial charge in [-0.05, 0) is 60.7 Å².